The monoisotopic (exact) mass is 372 g/mol. The molecule has 0 spiro atoms. The standard InChI is InChI=1S/C22H24N6/c1-2-6-20-16(4-1)8-12-28(20)13-11-25-22-18-7-10-24-15-19(18)26-21(27-22)17-5-3-9-23-14-17/h1-6,9,14,24H,7-8,10-13,15H2,(H,25,26,27). The highest BCUT2D eigenvalue weighted by molar-refractivity contribution is 5.60. The molecule has 6 heteroatoms. The van der Waals surface area contributed by atoms with Crippen LogP contribution in [0.1, 0.15) is 16.8 Å². The summed E-state index contributed by atoms with van der Waals surface area (Å²) < 4.78 is 0. The number of hydrogen-bond donors (Lipinski definition) is 2. The molecule has 0 bridgehead atoms. The van der Waals surface area contributed by atoms with Crippen molar-refractivity contribution in [2.45, 2.75) is 19.4 Å². The molecule has 0 saturated carbocycles. The van der Waals surface area contributed by atoms with Crippen molar-refractivity contribution in [3.05, 3.63) is 65.6 Å². The third-order valence-electron chi connectivity index (χ3n) is 5.51. The van der Waals surface area contributed by atoms with Gasteiger partial charge >= 0.3 is 0 Å². The van der Waals surface area contributed by atoms with Crippen molar-refractivity contribution in [1.29, 1.82) is 0 Å². The molecule has 4 heterocycles. The molecule has 28 heavy (non-hydrogen) atoms. The molecule has 0 amide bonds. The summed E-state index contributed by atoms with van der Waals surface area (Å²) in [5.74, 6) is 1.71. The lowest BCUT2D eigenvalue weighted by Crippen LogP contribution is -2.29. The first-order valence-corrected chi connectivity index (χ1v) is 9.96. The molecule has 6 nitrogen and oxygen atoms in total. The molecule has 0 radical (unpaired) electrons. The maximum Gasteiger partial charge on any atom is 0.163 e. The normalized spacial score (nSPS) is 15.2. The number of fused-ring (bicyclic) bond motifs is 2. The summed E-state index contributed by atoms with van der Waals surface area (Å²) in [7, 11) is 0. The minimum Gasteiger partial charge on any atom is -0.369 e. The van der Waals surface area contributed by atoms with E-state index in [-0.39, 0.29) is 0 Å². The number of para-hydroxylation sites is 1. The van der Waals surface area contributed by atoms with Crippen LogP contribution in [0.4, 0.5) is 11.5 Å². The van der Waals surface area contributed by atoms with Crippen molar-refractivity contribution in [2.75, 3.05) is 36.4 Å². The van der Waals surface area contributed by atoms with Gasteiger partial charge in [-0.05, 0) is 43.1 Å². The van der Waals surface area contributed by atoms with Crippen LogP contribution in [0.3, 0.4) is 0 Å². The second-order valence-corrected chi connectivity index (χ2v) is 7.28. The number of benzene rings is 1. The van der Waals surface area contributed by atoms with E-state index in [0.29, 0.717) is 0 Å². The van der Waals surface area contributed by atoms with Gasteiger partial charge in [-0.25, -0.2) is 9.97 Å². The van der Waals surface area contributed by atoms with Gasteiger partial charge in [0.05, 0.1) is 5.69 Å². The summed E-state index contributed by atoms with van der Waals surface area (Å²) in [4.78, 5) is 16.3. The van der Waals surface area contributed by atoms with Crippen molar-refractivity contribution in [3.8, 4) is 11.4 Å². The molecule has 0 fully saturated rings. The molecule has 3 aromatic rings. The van der Waals surface area contributed by atoms with E-state index in [0.717, 1.165) is 68.5 Å². The van der Waals surface area contributed by atoms with Crippen LogP contribution in [0.2, 0.25) is 0 Å². The Labute approximate surface area is 165 Å². The van der Waals surface area contributed by atoms with Gasteiger partial charge in [-0.15, -0.1) is 0 Å². The lowest BCUT2D eigenvalue weighted by atomic mass is 10.1. The molecule has 5 rings (SSSR count). The fraction of sp³-hybridized carbons (Fsp3) is 0.318. The van der Waals surface area contributed by atoms with Gasteiger partial charge in [0.15, 0.2) is 5.82 Å². The zero-order chi connectivity index (χ0) is 18.8. The summed E-state index contributed by atoms with van der Waals surface area (Å²) in [5.41, 5.74) is 6.11. The summed E-state index contributed by atoms with van der Waals surface area (Å²) in [6, 6.07) is 12.6. The topological polar surface area (TPSA) is 66.0 Å². The van der Waals surface area contributed by atoms with E-state index < -0.39 is 0 Å². The molecule has 0 saturated heterocycles. The van der Waals surface area contributed by atoms with E-state index >= 15 is 0 Å². The molecule has 2 aliphatic heterocycles. The van der Waals surface area contributed by atoms with Crippen LogP contribution in [0.25, 0.3) is 11.4 Å². The van der Waals surface area contributed by atoms with Crippen LogP contribution in [-0.2, 0) is 19.4 Å². The zero-order valence-corrected chi connectivity index (χ0v) is 15.9. The van der Waals surface area contributed by atoms with Gasteiger partial charge in [0, 0.05) is 55.4 Å². The summed E-state index contributed by atoms with van der Waals surface area (Å²) in [6.45, 7) is 4.68. The molecule has 0 aliphatic carbocycles. The number of rotatable bonds is 5. The summed E-state index contributed by atoms with van der Waals surface area (Å²) in [5, 5.41) is 7.02. The van der Waals surface area contributed by atoms with Crippen molar-refractivity contribution < 1.29 is 0 Å². The van der Waals surface area contributed by atoms with Crippen molar-refractivity contribution in [3.63, 3.8) is 0 Å². The Bertz CT molecular complexity index is 972. The predicted octanol–water partition coefficient (Wildman–Crippen LogP) is 2.66. The van der Waals surface area contributed by atoms with Crippen LogP contribution in [0.5, 0.6) is 0 Å². The fourth-order valence-corrected chi connectivity index (χ4v) is 4.08. The fourth-order valence-electron chi connectivity index (χ4n) is 4.08. The molecule has 142 valence electrons. The number of hydrogen-bond acceptors (Lipinski definition) is 6. The first-order valence-electron chi connectivity index (χ1n) is 9.96. The van der Waals surface area contributed by atoms with E-state index in [2.05, 4.69) is 44.8 Å². The van der Waals surface area contributed by atoms with Crippen LogP contribution >= 0.6 is 0 Å². The Balaban J connectivity index is 1.36. The predicted molar refractivity (Wildman–Crippen MR) is 112 cm³/mol. The molecular formula is C22H24N6. The smallest absolute Gasteiger partial charge is 0.163 e. The number of anilines is 2. The molecule has 2 N–H and O–H groups in total. The molecule has 1 aromatic carbocycles. The van der Waals surface area contributed by atoms with Crippen LogP contribution in [0, 0.1) is 0 Å². The SMILES string of the molecule is c1cncc(-c2nc3c(c(NCCN4CCc5ccccc54)n2)CCNC3)c1. The lowest BCUT2D eigenvalue weighted by Gasteiger charge is -2.23. The van der Waals surface area contributed by atoms with Crippen molar-refractivity contribution in [1.82, 2.24) is 20.3 Å². The van der Waals surface area contributed by atoms with Gasteiger partial charge in [-0.3, -0.25) is 4.98 Å². The number of nitrogens with zero attached hydrogens (tertiary/aromatic N) is 4. The highest BCUT2D eigenvalue weighted by Crippen LogP contribution is 2.27. The number of pyridine rings is 1. The van der Waals surface area contributed by atoms with Gasteiger partial charge in [-0.2, -0.15) is 0 Å². The third-order valence-corrected chi connectivity index (χ3v) is 5.51. The Morgan fingerprint density at radius 2 is 2.04 bits per heavy atom. The molecular weight excluding hydrogens is 348 g/mol. The van der Waals surface area contributed by atoms with E-state index in [9.17, 15) is 0 Å². The Kier molecular flexibility index (Phi) is 4.62. The molecule has 0 atom stereocenters. The largest absolute Gasteiger partial charge is 0.369 e. The first kappa shape index (κ1) is 17.1. The van der Waals surface area contributed by atoms with Crippen LogP contribution in [0.15, 0.2) is 48.8 Å². The minimum absolute atomic E-state index is 0.740. The minimum atomic E-state index is 0.740. The van der Waals surface area contributed by atoms with Gasteiger partial charge < -0.3 is 15.5 Å². The quantitative estimate of drug-likeness (QED) is 0.718. The zero-order valence-electron chi connectivity index (χ0n) is 15.9. The molecule has 0 unspecified atom stereocenters. The third kappa shape index (κ3) is 3.31. The van der Waals surface area contributed by atoms with Gasteiger partial charge in [0.2, 0.25) is 0 Å². The second kappa shape index (κ2) is 7.56. The van der Waals surface area contributed by atoms with Gasteiger partial charge in [-0.1, -0.05) is 18.2 Å². The second-order valence-electron chi connectivity index (χ2n) is 7.28. The highest BCUT2D eigenvalue weighted by Gasteiger charge is 2.20. The Hall–Kier alpha value is -2.99. The number of nitrogens with one attached hydrogen (secondary N) is 2. The van der Waals surface area contributed by atoms with E-state index in [1.54, 1.807) is 6.20 Å². The first-order chi connectivity index (χ1) is 13.9. The van der Waals surface area contributed by atoms with Gasteiger partial charge in [0.25, 0.3) is 0 Å². The highest BCUT2D eigenvalue weighted by atomic mass is 15.2. The maximum absolute atomic E-state index is 4.86. The van der Waals surface area contributed by atoms with Crippen molar-refractivity contribution >= 4 is 11.5 Å². The average Bonchev–Trinajstić information content (AvgIpc) is 3.17. The number of aromatic nitrogens is 3. The average molecular weight is 372 g/mol. The van der Waals surface area contributed by atoms with Crippen LogP contribution in [-0.4, -0.2) is 41.1 Å². The van der Waals surface area contributed by atoms with E-state index in [4.69, 9.17) is 9.97 Å². The lowest BCUT2D eigenvalue weighted by molar-refractivity contribution is 0.625. The Morgan fingerprint density at radius 1 is 1.07 bits per heavy atom. The molecule has 2 aromatic heterocycles. The summed E-state index contributed by atoms with van der Waals surface area (Å²) >= 11 is 0. The Morgan fingerprint density at radius 3 is 2.96 bits per heavy atom. The van der Waals surface area contributed by atoms with Crippen LogP contribution < -0.4 is 15.5 Å². The van der Waals surface area contributed by atoms with Gasteiger partial charge in [0.1, 0.15) is 5.82 Å². The van der Waals surface area contributed by atoms with Crippen molar-refractivity contribution in [2.24, 2.45) is 0 Å². The van der Waals surface area contributed by atoms with E-state index in [1.165, 1.54) is 16.8 Å². The molecule has 2 aliphatic rings. The maximum atomic E-state index is 4.86. The summed E-state index contributed by atoms with van der Waals surface area (Å²) in [6.07, 6.45) is 5.69. The van der Waals surface area contributed by atoms with E-state index in [1.807, 2.05) is 18.3 Å².